The first-order valence-electron chi connectivity index (χ1n) is 6.39. The molecule has 0 aliphatic carbocycles. The first-order valence-corrected chi connectivity index (χ1v) is 7.14. The third-order valence-corrected chi connectivity index (χ3v) is 3.43. The Hall–Kier alpha value is -1.26. The maximum absolute atomic E-state index is 11.6. The molecular formula is C13H16Cl2N2O6. The van der Waals surface area contributed by atoms with Crippen molar-refractivity contribution in [1.29, 1.82) is 0 Å². The fourth-order valence-corrected chi connectivity index (χ4v) is 1.97. The van der Waals surface area contributed by atoms with Crippen LogP contribution in [0.3, 0.4) is 0 Å². The Morgan fingerprint density at radius 1 is 1.22 bits per heavy atom. The van der Waals surface area contributed by atoms with Gasteiger partial charge in [0.25, 0.3) is 5.91 Å². The van der Waals surface area contributed by atoms with Crippen molar-refractivity contribution >= 4 is 35.3 Å². The average molecular weight is 367 g/mol. The number of rotatable bonds is 7. The summed E-state index contributed by atoms with van der Waals surface area (Å²) in [6.45, 7) is -0.847. The number of hydrazone groups is 1. The lowest BCUT2D eigenvalue weighted by Crippen LogP contribution is -2.50. The molecule has 0 bridgehead atoms. The second-order valence-electron chi connectivity index (χ2n) is 4.58. The lowest BCUT2D eigenvalue weighted by molar-refractivity contribution is -0.148. The van der Waals surface area contributed by atoms with E-state index in [1.54, 1.807) is 12.1 Å². The molecule has 0 aliphatic rings. The summed E-state index contributed by atoms with van der Waals surface area (Å²) in [5, 5.41) is 50.5. The van der Waals surface area contributed by atoms with E-state index in [0.29, 0.717) is 10.6 Å². The molecule has 1 rings (SSSR count). The lowest BCUT2D eigenvalue weighted by atomic mass is 10.0. The highest BCUT2D eigenvalue weighted by molar-refractivity contribution is 6.36. The molecule has 0 aliphatic heterocycles. The zero-order chi connectivity index (χ0) is 17.6. The minimum absolute atomic E-state index is 0.289. The minimum Gasteiger partial charge on any atom is -0.394 e. The Kier molecular flexibility index (Phi) is 7.86. The van der Waals surface area contributed by atoms with Gasteiger partial charge in [-0.3, -0.25) is 4.79 Å². The summed E-state index contributed by atoms with van der Waals surface area (Å²) in [5.74, 6) is -1.12. The first-order chi connectivity index (χ1) is 10.8. The lowest BCUT2D eigenvalue weighted by Gasteiger charge is -2.24. The molecule has 1 aromatic carbocycles. The van der Waals surface area contributed by atoms with Crippen LogP contribution in [0.5, 0.6) is 0 Å². The summed E-state index contributed by atoms with van der Waals surface area (Å²) in [6, 6.07) is 4.58. The molecule has 1 amide bonds. The molecule has 0 saturated heterocycles. The van der Waals surface area contributed by atoms with E-state index in [-0.39, 0.29) is 5.02 Å². The number of aliphatic hydroxyl groups is 5. The molecule has 23 heavy (non-hydrogen) atoms. The maximum Gasteiger partial charge on any atom is 0.271 e. The Morgan fingerprint density at radius 2 is 1.87 bits per heavy atom. The van der Waals surface area contributed by atoms with E-state index in [9.17, 15) is 20.1 Å². The van der Waals surface area contributed by atoms with Gasteiger partial charge in [0.2, 0.25) is 0 Å². The standard InChI is InChI=1S/C13H16Cl2N2O6/c14-7-2-1-6(8(15)3-7)4-16-17-13(23)12(22)11(21)10(20)9(19)5-18/h1-4,9-12,18-22H,5H2,(H,17,23)/b16-4+/t9-,10-,11-,12-/m1/s1. The summed E-state index contributed by atoms with van der Waals surface area (Å²) in [6.07, 6.45) is -6.50. The van der Waals surface area contributed by atoms with Gasteiger partial charge in [-0.1, -0.05) is 29.3 Å². The fraction of sp³-hybridized carbons (Fsp3) is 0.385. The number of amides is 1. The molecule has 4 atom stereocenters. The van der Waals surface area contributed by atoms with Crippen LogP contribution in [0.15, 0.2) is 23.3 Å². The number of nitrogens with one attached hydrogen (secondary N) is 1. The molecule has 0 unspecified atom stereocenters. The summed E-state index contributed by atoms with van der Waals surface area (Å²) in [5.41, 5.74) is 2.39. The number of carbonyl (C=O) groups excluding carboxylic acids is 1. The Morgan fingerprint density at radius 3 is 2.43 bits per heavy atom. The van der Waals surface area contributed by atoms with E-state index >= 15 is 0 Å². The van der Waals surface area contributed by atoms with E-state index in [1.165, 1.54) is 12.3 Å². The monoisotopic (exact) mass is 366 g/mol. The van der Waals surface area contributed by atoms with E-state index < -0.39 is 36.9 Å². The summed E-state index contributed by atoms with van der Waals surface area (Å²) >= 11 is 11.6. The van der Waals surface area contributed by atoms with Gasteiger partial charge in [0, 0.05) is 10.6 Å². The first kappa shape index (κ1) is 19.8. The van der Waals surface area contributed by atoms with Crippen LogP contribution in [-0.4, -0.2) is 68.7 Å². The second-order valence-corrected chi connectivity index (χ2v) is 5.42. The average Bonchev–Trinajstić information content (AvgIpc) is 2.53. The highest BCUT2D eigenvalue weighted by Gasteiger charge is 2.34. The van der Waals surface area contributed by atoms with Crippen LogP contribution < -0.4 is 5.43 Å². The van der Waals surface area contributed by atoms with Crippen molar-refractivity contribution in [1.82, 2.24) is 5.43 Å². The maximum atomic E-state index is 11.6. The molecule has 0 saturated carbocycles. The minimum atomic E-state index is -2.07. The molecule has 0 aromatic heterocycles. The molecule has 0 heterocycles. The number of hydrogen-bond acceptors (Lipinski definition) is 7. The van der Waals surface area contributed by atoms with Gasteiger partial charge >= 0.3 is 0 Å². The van der Waals surface area contributed by atoms with Crippen LogP contribution in [0.4, 0.5) is 0 Å². The van der Waals surface area contributed by atoms with Crippen LogP contribution in [0.25, 0.3) is 0 Å². The van der Waals surface area contributed by atoms with Crippen LogP contribution in [0, 0.1) is 0 Å². The van der Waals surface area contributed by atoms with Crippen molar-refractivity contribution in [3.8, 4) is 0 Å². The Bertz CT molecular complexity index is 571. The van der Waals surface area contributed by atoms with Gasteiger partial charge < -0.3 is 25.5 Å². The number of nitrogens with zero attached hydrogens (tertiary/aromatic N) is 1. The van der Waals surface area contributed by atoms with Crippen LogP contribution >= 0.6 is 23.2 Å². The predicted molar refractivity (Wildman–Crippen MR) is 83.3 cm³/mol. The van der Waals surface area contributed by atoms with Crippen molar-refractivity contribution in [3.05, 3.63) is 33.8 Å². The van der Waals surface area contributed by atoms with Gasteiger partial charge in [0.15, 0.2) is 6.10 Å². The van der Waals surface area contributed by atoms with Crippen LogP contribution in [0.2, 0.25) is 10.0 Å². The molecule has 8 nitrogen and oxygen atoms in total. The number of benzene rings is 1. The fourth-order valence-electron chi connectivity index (χ4n) is 1.52. The Balaban J connectivity index is 2.63. The van der Waals surface area contributed by atoms with Crippen LogP contribution in [-0.2, 0) is 4.79 Å². The van der Waals surface area contributed by atoms with Crippen molar-refractivity contribution in [2.24, 2.45) is 5.10 Å². The van der Waals surface area contributed by atoms with Crippen molar-refractivity contribution < 1.29 is 30.3 Å². The highest BCUT2D eigenvalue weighted by atomic mass is 35.5. The van der Waals surface area contributed by atoms with E-state index in [4.69, 9.17) is 33.4 Å². The molecule has 0 fully saturated rings. The van der Waals surface area contributed by atoms with Gasteiger partial charge in [-0.15, -0.1) is 0 Å². The van der Waals surface area contributed by atoms with E-state index in [2.05, 4.69) is 5.10 Å². The molecule has 6 N–H and O–H groups in total. The van der Waals surface area contributed by atoms with Gasteiger partial charge in [0.1, 0.15) is 18.3 Å². The second kappa shape index (κ2) is 9.14. The van der Waals surface area contributed by atoms with Gasteiger partial charge in [0.05, 0.1) is 17.8 Å². The third-order valence-electron chi connectivity index (χ3n) is 2.86. The molecule has 0 spiro atoms. The quantitative estimate of drug-likeness (QED) is 0.266. The van der Waals surface area contributed by atoms with E-state index in [0.717, 1.165) is 0 Å². The number of aliphatic hydroxyl groups excluding tert-OH is 5. The van der Waals surface area contributed by atoms with Gasteiger partial charge in [-0.2, -0.15) is 5.10 Å². The summed E-state index contributed by atoms with van der Waals surface area (Å²) in [7, 11) is 0. The zero-order valence-electron chi connectivity index (χ0n) is 11.7. The van der Waals surface area contributed by atoms with Crippen molar-refractivity contribution in [3.63, 3.8) is 0 Å². The van der Waals surface area contributed by atoms with Gasteiger partial charge in [-0.25, -0.2) is 5.43 Å². The van der Waals surface area contributed by atoms with Crippen molar-refractivity contribution in [2.75, 3.05) is 6.61 Å². The van der Waals surface area contributed by atoms with Gasteiger partial charge in [-0.05, 0) is 12.1 Å². The topological polar surface area (TPSA) is 143 Å². The third kappa shape index (κ3) is 5.70. The normalized spacial score (nSPS) is 16.8. The summed E-state index contributed by atoms with van der Waals surface area (Å²) < 4.78 is 0. The largest absolute Gasteiger partial charge is 0.394 e. The molecule has 10 heteroatoms. The number of halogens is 2. The zero-order valence-corrected chi connectivity index (χ0v) is 13.2. The predicted octanol–water partition coefficient (Wildman–Crippen LogP) is -1.12. The van der Waals surface area contributed by atoms with Crippen molar-refractivity contribution in [2.45, 2.75) is 24.4 Å². The Labute approximate surface area is 141 Å². The molecule has 128 valence electrons. The SMILES string of the molecule is O=C(N/N=C/c1ccc(Cl)cc1Cl)[C@H](O)[C@H](O)[C@H](O)[C@H](O)CO. The molecule has 1 aromatic rings. The molecule has 0 radical (unpaired) electrons. The smallest absolute Gasteiger partial charge is 0.271 e. The van der Waals surface area contributed by atoms with Crippen LogP contribution in [0.1, 0.15) is 5.56 Å². The van der Waals surface area contributed by atoms with E-state index in [1.807, 2.05) is 5.43 Å². The molecular weight excluding hydrogens is 351 g/mol. The summed E-state index contributed by atoms with van der Waals surface area (Å²) in [4.78, 5) is 11.6. The highest BCUT2D eigenvalue weighted by Crippen LogP contribution is 2.19. The number of hydrogen-bond donors (Lipinski definition) is 6. The number of carbonyl (C=O) groups is 1.